The molecule has 2 aromatic rings. The highest BCUT2D eigenvalue weighted by atomic mass is 127. The standard InChI is InChI=1S/C25H35FN4O.HI/c1-3-27-24(28-16-13-22-11-7-8-12-23(22)26)29-19-25(14-17-31-18-15-25)30-20(2)21-9-5-4-6-10-21;/h4-12,20,30H,3,13-19H2,1-2H3,(H2,27,28,29);1H. The lowest BCUT2D eigenvalue weighted by Crippen LogP contribution is -2.53. The largest absolute Gasteiger partial charge is 0.381 e. The van der Waals surface area contributed by atoms with E-state index in [0.29, 0.717) is 25.1 Å². The Kier molecular flexibility index (Phi) is 11.4. The first-order valence-electron chi connectivity index (χ1n) is 11.3. The molecular weight excluding hydrogens is 518 g/mol. The number of halogens is 2. The lowest BCUT2D eigenvalue weighted by atomic mass is 9.88. The van der Waals surface area contributed by atoms with Gasteiger partial charge in [0.2, 0.25) is 0 Å². The SMILES string of the molecule is CCNC(=NCC1(NC(C)c2ccccc2)CCOCC1)NCCc1ccccc1F.I. The average molecular weight is 554 g/mol. The van der Waals surface area contributed by atoms with E-state index in [2.05, 4.69) is 47.1 Å². The minimum absolute atomic E-state index is 0. The summed E-state index contributed by atoms with van der Waals surface area (Å²) in [7, 11) is 0. The van der Waals surface area contributed by atoms with Gasteiger partial charge in [-0.2, -0.15) is 0 Å². The van der Waals surface area contributed by atoms with Crippen LogP contribution >= 0.6 is 24.0 Å². The van der Waals surface area contributed by atoms with E-state index in [-0.39, 0.29) is 41.4 Å². The molecular formula is C25H36FIN4O. The van der Waals surface area contributed by atoms with Crippen LogP contribution in [-0.2, 0) is 11.2 Å². The molecule has 176 valence electrons. The molecule has 0 aliphatic carbocycles. The van der Waals surface area contributed by atoms with Crippen LogP contribution in [0.2, 0.25) is 0 Å². The van der Waals surface area contributed by atoms with Gasteiger partial charge in [0.25, 0.3) is 0 Å². The monoisotopic (exact) mass is 554 g/mol. The normalized spacial score (nSPS) is 16.7. The molecule has 1 saturated heterocycles. The smallest absolute Gasteiger partial charge is 0.191 e. The van der Waals surface area contributed by atoms with Crippen molar-refractivity contribution in [2.75, 3.05) is 32.8 Å². The maximum Gasteiger partial charge on any atom is 0.191 e. The van der Waals surface area contributed by atoms with E-state index in [1.54, 1.807) is 6.07 Å². The number of aliphatic imine (C=N–C) groups is 1. The van der Waals surface area contributed by atoms with E-state index in [1.165, 1.54) is 11.6 Å². The summed E-state index contributed by atoms with van der Waals surface area (Å²) in [5, 5.41) is 10.5. The zero-order valence-corrected chi connectivity index (χ0v) is 21.4. The number of benzene rings is 2. The van der Waals surface area contributed by atoms with Crippen molar-refractivity contribution in [2.45, 2.75) is 44.7 Å². The fraction of sp³-hybridized carbons (Fsp3) is 0.480. The molecule has 0 amide bonds. The Morgan fingerprint density at radius 3 is 2.44 bits per heavy atom. The van der Waals surface area contributed by atoms with Crippen LogP contribution in [0.15, 0.2) is 59.6 Å². The molecule has 0 radical (unpaired) electrons. The Balaban J connectivity index is 0.00000363. The van der Waals surface area contributed by atoms with Gasteiger partial charge < -0.3 is 20.7 Å². The highest BCUT2D eigenvalue weighted by molar-refractivity contribution is 14.0. The van der Waals surface area contributed by atoms with E-state index in [4.69, 9.17) is 9.73 Å². The van der Waals surface area contributed by atoms with Gasteiger partial charge >= 0.3 is 0 Å². The minimum atomic E-state index is -0.161. The van der Waals surface area contributed by atoms with Gasteiger partial charge in [0.1, 0.15) is 5.82 Å². The molecule has 3 rings (SSSR count). The predicted octanol–water partition coefficient (Wildman–Crippen LogP) is 4.44. The Morgan fingerprint density at radius 2 is 1.75 bits per heavy atom. The topological polar surface area (TPSA) is 57.7 Å². The molecule has 1 aliphatic heterocycles. The first-order valence-corrected chi connectivity index (χ1v) is 11.3. The third-order valence-electron chi connectivity index (χ3n) is 5.80. The first kappa shape index (κ1) is 26.5. The van der Waals surface area contributed by atoms with Crippen LogP contribution in [0, 0.1) is 5.82 Å². The van der Waals surface area contributed by atoms with Crippen LogP contribution in [0.5, 0.6) is 0 Å². The summed E-state index contributed by atoms with van der Waals surface area (Å²) in [5.74, 6) is 0.602. The molecule has 1 fully saturated rings. The van der Waals surface area contributed by atoms with E-state index in [1.807, 2.05) is 25.1 Å². The quantitative estimate of drug-likeness (QED) is 0.244. The second kappa shape index (κ2) is 13.7. The van der Waals surface area contributed by atoms with Crippen LogP contribution in [0.25, 0.3) is 0 Å². The molecule has 5 nitrogen and oxygen atoms in total. The minimum Gasteiger partial charge on any atom is -0.381 e. The summed E-state index contributed by atoms with van der Waals surface area (Å²) in [5.41, 5.74) is 1.87. The van der Waals surface area contributed by atoms with Gasteiger partial charge in [0.05, 0.1) is 6.54 Å². The maximum absolute atomic E-state index is 13.9. The van der Waals surface area contributed by atoms with Crippen molar-refractivity contribution < 1.29 is 9.13 Å². The number of nitrogens with one attached hydrogen (secondary N) is 3. The summed E-state index contributed by atoms with van der Waals surface area (Å²) in [6.07, 6.45) is 2.45. The molecule has 1 heterocycles. The van der Waals surface area contributed by atoms with E-state index in [0.717, 1.165) is 38.6 Å². The third kappa shape index (κ3) is 8.01. The van der Waals surface area contributed by atoms with Crippen LogP contribution in [-0.4, -0.2) is 44.3 Å². The first-order chi connectivity index (χ1) is 15.1. The van der Waals surface area contributed by atoms with Gasteiger partial charge in [-0.3, -0.25) is 4.99 Å². The Bertz CT molecular complexity index is 828. The molecule has 0 spiro atoms. The maximum atomic E-state index is 13.9. The second-order valence-corrected chi connectivity index (χ2v) is 8.13. The Labute approximate surface area is 208 Å². The zero-order valence-electron chi connectivity index (χ0n) is 19.1. The van der Waals surface area contributed by atoms with Crippen molar-refractivity contribution in [1.82, 2.24) is 16.0 Å². The van der Waals surface area contributed by atoms with Gasteiger partial charge in [-0.15, -0.1) is 24.0 Å². The second-order valence-electron chi connectivity index (χ2n) is 8.13. The highest BCUT2D eigenvalue weighted by Gasteiger charge is 2.34. The lowest BCUT2D eigenvalue weighted by Gasteiger charge is -2.39. The molecule has 3 N–H and O–H groups in total. The van der Waals surface area contributed by atoms with Crippen molar-refractivity contribution >= 4 is 29.9 Å². The van der Waals surface area contributed by atoms with Gasteiger partial charge in [-0.1, -0.05) is 48.5 Å². The summed E-state index contributed by atoms with van der Waals surface area (Å²) < 4.78 is 19.5. The van der Waals surface area contributed by atoms with Crippen molar-refractivity contribution in [3.63, 3.8) is 0 Å². The van der Waals surface area contributed by atoms with E-state index >= 15 is 0 Å². The van der Waals surface area contributed by atoms with Crippen molar-refractivity contribution in [2.24, 2.45) is 4.99 Å². The molecule has 1 atom stereocenters. The predicted molar refractivity (Wildman–Crippen MR) is 140 cm³/mol. The van der Waals surface area contributed by atoms with Crippen molar-refractivity contribution in [3.8, 4) is 0 Å². The lowest BCUT2D eigenvalue weighted by molar-refractivity contribution is 0.0374. The summed E-state index contributed by atoms with van der Waals surface area (Å²) in [6, 6.07) is 17.6. The molecule has 0 bridgehead atoms. The fourth-order valence-electron chi connectivity index (χ4n) is 3.98. The summed E-state index contributed by atoms with van der Waals surface area (Å²) >= 11 is 0. The van der Waals surface area contributed by atoms with Crippen LogP contribution < -0.4 is 16.0 Å². The number of hydrogen-bond acceptors (Lipinski definition) is 3. The molecule has 0 saturated carbocycles. The van der Waals surface area contributed by atoms with Gasteiger partial charge in [0.15, 0.2) is 5.96 Å². The summed E-state index contributed by atoms with van der Waals surface area (Å²) in [4.78, 5) is 4.89. The highest BCUT2D eigenvalue weighted by Crippen LogP contribution is 2.26. The van der Waals surface area contributed by atoms with E-state index in [9.17, 15) is 4.39 Å². The third-order valence-corrected chi connectivity index (χ3v) is 5.80. The molecule has 1 aliphatic rings. The van der Waals surface area contributed by atoms with Gasteiger partial charge in [-0.05, 0) is 50.3 Å². The number of ether oxygens (including phenoxy) is 1. The molecule has 32 heavy (non-hydrogen) atoms. The summed E-state index contributed by atoms with van der Waals surface area (Å²) in [6.45, 7) is 7.78. The van der Waals surface area contributed by atoms with Gasteiger partial charge in [-0.25, -0.2) is 4.39 Å². The number of rotatable bonds is 9. The molecule has 0 aromatic heterocycles. The number of nitrogens with zero attached hydrogens (tertiary/aromatic N) is 1. The van der Waals surface area contributed by atoms with Crippen LogP contribution in [0.1, 0.15) is 43.9 Å². The zero-order chi connectivity index (χ0) is 21.9. The average Bonchev–Trinajstić information content (AvgIpc) is 2.80. The van der Waals surface area contributed by atoms with Crippen LogP contribution in [0.3, 0.4) is 0 Å². The fourth-order valence-corrected chi connectivity index (χ4v) is 3.98. The van der Waals surface area contributed by atoms with Crippen molar-refractivity contribution in [1.29, 1.82) is 0 Å². The van der Waals surface area contributed by atoms with Gasteiger partial charge in [0, 0.05) is 37.9 Å². The van der Waals surface area contributed by atoms with Crippen LogP contribution in [0.4, 0.5) is 4.39 Å². The molecule has 1 unspecified atom stereocenters. The number of hydrogen-bond donors (Lipinski definition) is 3. The van der Waals surface area contributed by atoms with Crippen molar-refractivity contribution in [3.05, 3.63) is 71.5 Å². The molecule has 2 aromatic carbocycles. The Hall–Kier alpha value is -1.71. The number of guanidine groups is 1. The Morgan fingerprint density at radius 1 is 1.06 bits per heavy atom. The van der Waals surface area contributed by atoms with E-state index < -0.39 is 0 Å². The molecule has 7 heteroatoms.